The molecule has 1 atom stereocenters. The van der Waals surface area contributed by atoms with Gasteiger partial charge in [0.1, 0.15) is 0 Å². The van der Waals surface area contributed by atoms with Gasteiger partial charge in [0.15, 0.2) is 5.82 Å². The summed E-state index contributed by atoms with van der Waals surface area (Å²) in [6.07, 6.45) is 10.9. The lowest BCUT2D eigenvalue weighted by Crippen LogP contribution is -2.25. The van der Waals surface area contributed by atoms with E-state index in [9.17, 15) is 0 Å². The zero-order valence-electron chi connectivity index (χ0n) is 15.9. The first-order valence-corrected chi connectivity index (χ1v) is 10.2. The molecule has 0 radical (unpaired) electrons. The monoisotopic (exact) mass is 404 g/mol. The Kier molecular flexibility index (Phi) is 4.87. The van der Waals surface area contributed by atoms with E-state index >= 15 is 0 Å². The number of aromatic nitrogens is 5. The highest BCUT2D eigenvalue weighted by Crippen LogP contribution is 2.31. The van der Waals surface area contributed by atoms with Crippen LogP contribution in [0, 0.1) is 0 Å². The Balaban J connectivity index is 1.32. The van der Waals surface area contributed by atoms with E-state index in [-0.39, 0.29) is 6.04 Å². The number of para-hydroxylation sites is 1. The number of nitrogens with zero attached hydrogens (tertiary/aromatic N) is 5. The first kappa shape index (κ1) is 18.1. The summed E-state index contributed by atoms with van der Waals surface area (Å²) in [5, 5.41) is 13.4. The Morgan fingerprint density at radius 2 is 1.97 bits per heavy atom. The first-order valence-electron chi connectivity index (χ1n) is 9.79. The Labute approximate surface area is 174 Å². The third-order valence-corrected chi connectivity index (χ3v) is 5.66. The predicted molar refractivity (Wildman–Crippen MR) is 112 cm³/mol. The molecule has 6 nitrogen and oxygen atoms in total. The third kappa shape index (κ3) is 3.57. The second kappa shape index (κ2) is 7.81. The van der Waals surface area contributed by atoms with Crippen molar-refractivity contribution in [1.82, 2.24) is 29.9 Å². The maximum atomic E-state index is 6.29. The summed E-state index contributed by atoms with van der Waals surface area (Å²) in [4.78, 5) is 4.44. The number of nitrogens with one attached hydrogen (secondary N) is 1. The van der Waals surface area contributed by atoms with Gasteiger partial charge in [-0.15, -0.1) is 0 Å². The van der Waals surface area contributed by atoms with E-state index < -0.39 is 0 Å². The lowest BCUT2D eigenvalue weighted by Gasteiger charge is -2.24. The normalized spacial score (nSPS) is 16.0. The molecule has 29 heavy (non-hydrogen) atoms. The molecule has 146 valence electrons. The number of halogens is 1. The van der Waals surface area contributed by atoms with Gasteiger partial charge >= 0.3 is 0 Å². The van der Waals surface area contributed by atoms with Gasteiger partial charge in [-0.2, -0.15) is 10.2 Å². The van der Waals surface area contributed by atoms with Crippen LogP contribution in [0.15, 0.2) is 67.3 Å². The van der Waals surface area contributed by atoms with Crippen molar-refractivity contribution in [3.8, 4) is 11.5 Å². The van der Waals surface area contributed by atoms with Crippen molar-refractivity contribution in [1.29, 1.82) is 0 Å². The molecule has 3 aromatic heterocycles. The van der Waals surface area contributed by atoms with Gasteiger partial charge in [-0.1, -0.05) is 29.8 Å². The molecule has 1 N–H and O–H groups in total. The molecular weight excluding hydrogens is 384 g/mol. The third-order valence-electron chi connectivity index (χ3n) is 5.34. The van der Waals surface area contributed by atoms with Crippen LogP contribution in [0.3, 0.4) is 0 Å². The summed E-state index contributed by atoms with van der Waals surface area (Å²) in [6.45, 7) is 0.739. The first-order chi connectivity index (χ1) is 14.3. The van der Waals surface area contributed by atoms with E-state index in [2.05, 4.69) is 20.5 Å². The van der Waals surface area contributed by atoms with Crippen LogP contribution in [0.2, 0.25) is 5.02 Å². The minimum atomic E-state index is 0.278. The van der Waals surface area contributed by atoms with E-state index in [1.807, 2.05) is 70.4 Å². The summed E-state index contributed by atoms with van der Waals surface area (Å²) >= 11 is 6.29. The summed E-state index contributed by atoms with van der Waals surface area (Å²) in [6, 6.07) is 13.9. The Bertz CT molecular complexity index is 1120. The molecule has 4 aromatic rings. The second-order valence-electron chi connectivity index (χ2n) is 7.22. The molecule has 1 aliphatic carbocycles. The van der Waals surface area contributed by atoms with Crippen molar-refractivity contribution in [3.05, 3.63) is 89.1 Å². The number of fused-ring (bicyclic) bond motifs is 1. The number of rotatable bonds is 5. The van der Waals surface area contributed by atoms with Crippen LogP contribution in [-0.4, -0.2) is 24.5 Å². The van der Waals surface area contributed by atoms with E-state index in [0.29, 0.717) is 5.02 Å². The molecule has 0 bridgehead atoms. The van der Waals surface area contributed by atoms with Crippen LogP contribution < -0.4 is 5.32 Å². The smallest absolute Gasteiger partial charge is 0.153 e. The fourth-order valence-electron chi connectivity index (χ4n) is 3.91. The molecule has 1 aliphatic rings. The number of pyridine rings is 1. The van der Waals surface area contributed by atoms with Gasteiger partial charge in [0, 0.05) is 36.1 Å². The van der Waals surface area contributed by atoms with Gasteiger partial charge in [0.25, 0.3) is 0 Å². The molecule has 3 heterocycles. The molecular formula is C22H21ClN6. The lowest BCUT2D eigenvalue weighted by atomic mass is 9.93. The average molecular weight is 405 g/mol. The minimum absolute atomic E-state index is 0.278. The van der Waals surface area contributed by atoms with Crippen molar-refractivity contribution in [2.75, 3.05) is 0 Å². The highest BCUT2D eigenvalue weighted by molar-refractivity contribution is 6.32. The molecule has 5 rings (SSSR count). The van der Waals surface area contributed by atoms with Crippen molar-refractivity contribution in [2.24, 2.45) is 0 Å². The molecule has 0 fully saturated rings. The predicted octanol–water partition coefficient (Wildman–Crippen LogP) is 4.27. The van der Waals surface area contributed by atoms with E-state index in [0.717, 1.165) is 42.9 Å². The second-order valence-corrected chi connectivity index (χ2v) is 7.62. The molecule has 0 spiro atoms. The van der Waals surface area contributed by atoms with Crippen LogP contribution in [-0.2, 0) is 13.0 Å². The van der Waals surface area contributed by atoms with E-state index in [4.69, 9.17) is 11.6 Å². The van der Waals surface area contributed by atoms with Gasteiger partial charge in [-0.3, -0.25) is 0 Å². The number of benzene rings is 1. The summed E-state index contributed by atoms with van der Waals surface area (Å²) in [5.41, 5.74) is 4.52. The fourth-order valence-corrected chi connectivity index (χ4v) is 4.13. The molecule has 0 saturated heterocycles. The van der Waals surface area contributed by atoms with Crippen molar-refractivity contribution >= 4 is 11.6 Å². The van der Waals surface area contributed by atoms with Crippen molar-refractivity contribution < 1.29 is 0 Å². The van der Waals surface area contributed by atoms with E-state index in [1.54, 1.807) is 6.20 Å². The van der Waals surface area contributed by atoms with Crippen LogP contribution in [0.1, 0.15) is 35.7 Å². The Hall–Kier alpha value is -2.96. The Morgan fingerprint density at radius 1 is 1.07 bits per heavy atom. The van der Waals surface area contributed by atoms with Crippen LogP contribution in [0.5, 0.6) is 0 Å². The summed E-state index contributed by atoms with van der Waals surface area (Å²) in [7, 11) is 0. The van der Waals surface area contributed by atoms with Crippen molar-refractivity contribution in [3.63, 3.8) is 0 Å². The number of hydrogen-bond donors (Lipinski definition) is 1. The van der Waals surface area contributed by atoms with Gasteiger partial charge in [0.2, 0.25) is 0 Å². The SMILES string of the molecule is Clc1ccccc1-n1cc(CNC2CCCc3c2cnn3-c2ccccn2)cn1. The maximum Gasteiger partial charge on any atom is 0.153 e. The van der Waals surface area contributed by atoms with Crippen LogP contribution in [0.4, 0.5) is 0 Å². The highest BCUT2D eigenvalue weighted by atomic mass is 35.5. The lowest BCUT2D eigenvalue weighted by molar-refractivity contribution is 0.454. The standard InChI is InChI=1S/C22H21ClN6/c23-18-6-1-2-8-21(18)28-15-16(13-26-28)12-25-19-7-5-9-20-17(19)14-27-29(20)22-10-3-4-11-24-22/h1-4,6,8,10-11,13-15,19,25H,5,7,9,12H2. The molecule has 1 aromatic carbocycles. The van der Waals surface area contributed by atoms with Gasteiger partial charge in [-0.05, 0) is 43.5 Å². The maximum absolute atomic E-state index is 6.29. The minimum Gasteiger partial charge on any atom is -0.306 e. The molecule has 1 unspecified atom stereocenters. The largest absolute Gasteiger partial charge is 0.306 e. The van der Waals surface area contributed by atoms with Gasteiger partial charge < -0.3 is 5.32 Å². The summed E-state index contributed by atoms with van der Waals surface area (Å²) in [5.74, 6) is 0.871. The highest BCUT2D eigenvalue weighted by Gasteiger charge is 2.24. The zero-order chi connectivity index (χ0) is 19.6. The quantitative estimate of drug-likeness (QED) is 0.539. The Morgan fingerprint density at radius 3 is 2.83 bits per heavy atom. The molecule has 7 heteroatoms. The van der Waals surface area contributed by atoms with Gasteiger partial charge in [0.05, 0.1) is 28.8 Å². The average Bonchev–Trinajstić information content (AvgIpc) is 3.41. The fraction of sp³-hybridized carbons (Fsp3) is 0.227. The van der Waals surface area contributed by atoms with E-state index in [1.165, 1.54) is 11.3 Å². The molecule has 0 amide bonds. The van der Waals surface area contributed by atoms with Crippen LogP contribution >= 0.6 is 11.6 Å². The van der Waals surface area contributed by atoms with Crippen molar-refractivity contribution in [2.45, 2.75) is 31.8 Å². The molecule has 0 aliphatic heterocycles. The molecule has 0 saturated carbocycles. The number of hydrogen-bond acceptors (Lipinski definition) is 4. The van der Waals surface area contributed by atoms with Gasteiger partial charge in [-0.25, -0.2) is 14.3 Å². The summed E-state index contributed by atoms with van der Waals surface area (Å²) < 4.78 is 3.79. The van der Waals surface area contributed by atoms with Crippen LogP contribution in [0.25, 0.3) is 11.5 Å². The topological polar surface area (TPSA) is 60.6 Å². The zero-order valence-corrected chi connectivity index (χ0v) is 16.6.